The SMILES string of the molecule is CC1(C)CCC(O)C(C2CCCCCN2)C1. The molecule has 0 aromatic carbocycles. The summed E-state index contributed by atoms with van der Waals surface area (Å²) in [7, 11) is 0. The van der Waals surface area contributed by atoms with E-state index in [2.05, 4.69) is 19.2 Å². The normalized spacial score (nSPS) is 40.3. The zero-order valence-corrected chi connectivity index (χ0v) is 10.8. The first-order chi connectivity index (χ1) is 7.58. The Morgan fingerprint density at radius 1 is 1.12 bits per heavy atom. The van der Waals surface area contributed by atoms with Gasteiger partial charge in [-0.1, -0.05) is 26.7 Å². The van der Waals surface area contributed by atoms with Crippen molar-refractivity contribution in [2.45, 2.75) is 70.9 Å². The van der Waals surface area contributed by atoms with Crippen molar-refractivity contribution in [3.05, 3.63) is 0 Å². The van der Waals surface area contributed by atoms with Crippen molar-refractivity contribution in [3.8, 4) is 0 Å². The minimum atomic E-state index is -0.0661. The van der Waals surface area contributed by atoms with Crippen LogP contribution in [-0.4, -0.2) is 23.8 Å². The first kappa shape index (κ1) is 12.4. The van der Waals surface area contributed by atoms with Gasteiger partial charge in [0.1, 0.15) is 0 Å². The van der Waals surface area contributed by atoms with E-state index in [1.54, 1.807) is 0 Å². The molecule has 0 radical (unpaired) electrons. The number of rotatable bonds is 1. The van der Waals surface area contributed by atoms with Crippen LogP contribution < -0.4 is 5.32 Å². The van der Waals surface area contributed by atoms with Gasteiger partial charge in [-0.2, -0.15) is 0 Å². The van der Waals surface area contributed by atoms with Crippen molar-refractivity contribution in [1.82, 2.24) is 5.32 Å². The average molecular weight is 225 g/mol. The van der Waals surface area contributed by atoms with Crippen molar-refractivity contribution < 1.29 is 5.11 Å². The Morgan fingerprint density at radius 2 is 1.94 bits per heavy atom. The molecule has 2 aliphatic rings. The van der Waals surface area contributed by atoms with Gasteiger partial charge >= 0.3 is 0 Å². The molecule has 0 amide bonds. The molecule has 1 heterocycles. The maximum atomic E-state index is 10.2. The number of aliphatic hydroxyl groups excluding tert-OH is 1. The molecule has 0 bridgehead atoms. The third-order valence-electron chi connectivity index (χ3n) is 4.51. The topological polar surface area (TPSA) is 32.3 Å². The second-order valence-electron chi connectivity index (χ2n) is 6.55. The van der Waals surface area contributed by atoms with Gasteiger partial charge in [-0.05, 0) is 44.1 Å². The molecular formula is C14H27NO. The molecule has 1 aliphatic heterocycles. The molecule has 0 aromatic heterocycles. The molecule has 0 spiro atoms. The van der Waals surface area contributed by atoms with E-state index < -0.39 is 0 Å². The van der Waals surface area contributed by atoms with Gasteiger partial charge in [0.2, 0.25) is 0 Å². The summed E-state index contributed by atoms with van der Waals surface area (Å²) in [5.41, 5.74) is 0.428. The lowest BCUT2D eigenvalue weighted by Crippen LogP contribution is -2.46. The molecule has 2 N–H and O–H groups in total. The van der Waals surface area contributed by atoms with Crippen LogP contribution in [0.15, 0.2) is 0 Å². The fraction of sp³-hybridized carbons (Fsp3) is 1.00. The largest absolute Gasteiger partial charge is 0.393 e. The quantitative estimate of drug-likeness (QED) is 0.719. The van der Waals surface area contributed by atoms with E-state index >= 15 is 0 Å². The lowest BCUT2D eigenvalue weighted by atomic mass is 9.68. The van der Waals surface area contributed by atoms with E-state index in [0.717, 1.165) is 13.0 Å². The Labute approximate surface area is 99.8 Å². The van der Waals surface area contributed by atoms with Gasteiger partial charge in [-0.25, -0.2) is 0 Å². The van der Waals surface area contributed by atoms with Gasteiger partial charge in [-0.3, -0.25) is 0 Å². The van der Waals surface area contributed by atoms with Crippen LogP contribution in [0.1, 0.15) is 58.8 Å². The van der Waals surface area contributed by atoms with Crippen LogP contribution >= 0.6 is 0 Å². The summed E-state index contributed by atoms with van der Waals surface area (Å²) in [4.78, 5) is 0. The van der Waals surface area contributed by atoms with Crippen molar-refractivity contribution in [3.63, 3.8) is 0 Å². The molecule has 2 heteroatoms. The van der Waals surface area contributed by atoms with E-state index in [9.17, 15) is 5.11 Å². The monoisotopic (exact) mass is 225 g/mol. The Hall–Kier alpha value is -0.0800. The van der Waals surface area contributed by atoms with Crippen LogP contribution in [0.4, 0.5) is 0 Å². The Balaban J connectivity index is 1.99. The minimum absolute atomic E-state index is 0.0661. The van der Waals surface area contributed by atoms with Crippen molar-refractivity contribution in [1.29, 1.82) is 0 Å². The Kier molecular flexibility index (Phi) is 3.91. The highest BCUT2D eigenvalue weighted by atomic mass is 16.3. The van der Waals surface area contributed by atoms with Crippen LogP contribution in [0.5, 0.6) is 0 Å². The second kappa shape index (κ2) is 5.05. The van der Waals surface area contributed by atoms with Crippen molar-refractivity contribution >= 4 is 0 Å². The van der Waals surface area contributed by atoms with Crippen molar-refractivity contribution in [2.75, 3.05) is 6.54 Å². The smallest absolute Gasteiger partial charge is 0.0583 e. The average Bonchev–Trinajstić information content (AvgIpc) is 2.50. The van der Waals surface area contributed by atoms with E-state index in [1.165, 1.54) is 38.5 Å². The van der Waals surface area contributed by atoms with E-state index in [4.69, 9.17) is 0 Å². The second-order valence-corrected chi connectivity index (χ2v) is 6.55. The predicted octanol–water partition coefficient (Wildman–Crippen LogP) is 2.71. The third kappa shape index (κ3) is 2.98. The van der Waals surface area contributed by atoms with Crippen LogP contribution in [0.2, 0.25) is 0 Å². The van der Waals surface area contributed by atoms with Crippen LogP contribution in [0.3, 0.4) is 0 Å². The Bertz CT molecular complexity index is 219. The summed E-state index contributed by atoms with van der Waals surface area (Å²) in [6.07, 6.45) is 8.56. The zero-order chi connectivity index (χ0) is 11.6. The number of nitrogens with one attached hydrogen (secondary N) is 1. The lowest BCUT2D eigenvalue weighted by molar-refractivity contribution is 0.00263. The highest BCUT2D eigenvalue weighted by molar-refractivity contribution is 4.91. The van der Waals surface area contributed by atoms with E-state index in [0.29, 0.717) is 17.4 Å². The molecular weight excluding hydrogens is 198 g/mol. The maximum Gasteiger partial charge on any atom is 0.0583 e. The summed E-state index contributed by atoms with van der Waals surface area (Å²) < 4.78 is 0. The van der Waals surface area contributed by atoms with Gasteiger partial charge in [0.25, 0.3) is 0 Å². The highest BCUT2D eigenvalue weighted by Gasteiger charge is 2.38. The zero-order valence-electron chi connectivity index (χ0n) is 10.8. The van der Waals surface area contributed by atoms with E-state index in [-0.39, 0.29) is 6.10 Å². The summed E-state index contributed by atoms with van der Waals surface area (Å²) in [6, 6.07) is 0.567. The highest BCUT2D eigenvalue weighted by Crippen LogP contribution is 2.41. The summed E-state index contributed by atoms with van der Waals surface area (Å²) in [5, 5.41) is 13.9. The molecule has 2 rings (SSSR count). The van der Waals surface area contributed by atoms with Crippen LogP contribution in [0, 0.1) is 11.3 Å². The van der Waals surface area contributed by atoms with Gasteiger partial charge in [0.05, 0.1) is 6.10 Å². The molecule has 16 heavy (non-hydrogen) atoms. The molecule has 2 nitrogen and oxygen atoms in total. The molecule has 0 aromatic rings. The molecule has 1 saturated heterocycles. The number of aliphatic hydroxyl groups is 1. The maximum absolute atomic E-state index is 10.2. The van der Waals surface area contributed by atoms with Crippen LogP contribution in [-0.2, 0) is 0 Å². The Morgan fingerprint density at radius 3 is 2.75 bits per heavy atom. The molecule has 1 saturated carbocycles. The molecule has 2 fully saturated rings. The van der Waals surface area contributed by atoms with Crippen LogP contribution in [0.25, 0.3) is 0 Å². The summed E-state index contributed by atoms with van der Waals surface area (Å²) >= 11 is 0. The molecule has 3 atom stereocenters. The first-order valence-corrected chi connectivity index (χ1v) is 7.00. The number of hydrogen-bond acceptors (Lipinski definition) is 2. The third-order valence-corrected chi connectivity index (χ3v) is 4.51. The van der Waals surface area contributed by atoms with E-state index in [1.807, 2.05) is 0 Å². The molecule has 94 valence electrons. The lowest BCUT2D eigenvalue weighted by Gasteiger charge is -2.42. The van der Waals surface area contributed by atoms with Crippen molar-refractivity contribution in [2.24, 2.45) is 11.3 Å². The molecule has 1 aliphatic carbocycles. The fourth-order valence-electron chi connectivity index (χ4n) is 3.46. The van der Waals surface area contributed by atoms with Gasteiger partial charge < -0.3 is 10.4 Å². The predicted molar refractivity (Wildman–Crippen MR) is 67.4 cm³/mol. The number of hydrogen-bond donors (Lipinski definition) is 2. The first-order valence-electron chi connectivity index (χ1n) is 7.00. The van der Waals surface area contributed by atoms with Gasteiger partial charge in [-0.15, -0.1) is 0 Å². The fourth-order valence-corrected chi connectivity index (χ4v) is 3.46. The standard InChI is InChI=1S/C14H27NO/c1-14(2)8-7-13(16)11(10-14)12-6-4-3-5-9-15-12/h11-13,15-16H,3-10H2,1-2H3. The minimum Gasteiger partial charge on any atom is -0.393 e. The summed E-state index contributed by atoms with van der Waals surface area (Å²) in [5.74, 6) is 0.488. The van der Waals surface area contributed by atoms with Gasteiger partial charge in [0.15, 0.2) is 0 Å². The van der Waals surface area contributed by atoms with Gasteiger partial charge in [0, 0.05) is 12.0 Å². The summed E-state index contributed by atoms with van der Waals surface area (Å²) in [6.45, 7) is 5.85. The molecule has 3 unspecified atom stereocenters.